The Morgan fingerprint density at radius 3 is 2.45 bits per heavy atom. The molecule has 162 valence electrons. The highest BCUT2D eigenvalue weighted by atomic mass is 32.2. The first kappa shape index (κ1) is 22.2. The lowest BCUT2D eigenvalue weighted by molar-refractivity contribution is -0.384. The minimum absolute atomic E-state index is 0.0730. The molecule has 3 rings (SSSR count). The van der Waals surface area contributed by atoms with Crippen LogP contribution in [0, 0.1) is 10.1 Å². The van der Waals surface area contributed by atoms with Crippen molar-refractivity contribution in [2.24, 2.45) is 0 Å². The summed E-state index contributed by atoms with van der Waals surface area (Å²) in [6.45, 7) is 1.92. The predicted molar refractivity (Wildman–Crippen MR) is 120 cm³/mol. The number of hydrogen-bond donors (Lipinski definition) is 1. The topological polar surface area (TPSA) is 110 Å². The van der Waals surface area contributed by atoms with E-state index in [-0.39, 0.29) is 24.3 Å². The van der Waals surface area contributed by atoms with Crippen molar-refractivity contribution in [1.29, 1.82) is 0 Å². The summed E-state index contributed by atoms with van der Waals surface area (Å²) in [7, 11) is -3.88. The highest BCUT2D eigenvalue weighted by molar-refractivity contribution is 7.92. The van der Waals surface area contributed by atoms with E-state index in [1.807, 2.05) is 42.5 Å². The van der Waals surface area contributed by atoms with Gasteiger partial charge in [0.15, 0.2) is 0 Å². The van der Waals surface area contributed by atoms with Crippen molar-refractivity contribution in [2.75, 3.05) is 10.6 Å². The number of fused-ring (bicyclic) bond motifs is 1. The third-order valence-corrected chi connectivity index (χ3v) is 6.14. The molecule has 0 radical (unpaired) electrons. The Hall–Kier alpha value is -3.46. The van der Waals surface area contributed by atoms with Gasteiger partial charge in [0.25, 0.3) is 5.69 Å². The first-order chi connectivity index (χ1) is 14.7. The minimum atomic E-state index is -3.88. The lowest BCUT2D eigenvalue weighted by Gasteiger charge is -2.30. The molecule has 3 aromatic carbocycles. The molecular weight excluding hydrogens is 418 g/mol. The molecule has 0 spiro atoms. The van der Waals surface area contributed by atoms with E-state index in [9.17, 15) is 23.3 Å². The first-order valence-corrected chi connectivity index (χ1v) is 11.6. The summed E-state index contributed by atoms with van der Waals surface area (Å²) in [5.41, 5.74) is 0.726. The molecule has 1 amide bonds. The van der Waals surface area contributed by atoms with Crippen LogP contribution >= 0.6 is 0 Å². The fraction of sp³-hybridized carbons (Fsp3) is 0.227. The highest BCUT2D eigenvalue weighted by Gasteiger charge is 2.32. The van der Waals surface area contributed by atoms with Crippen LogP contribution in [0.25, 0.3) is 10.8 Å². The number of nitrogens with one attached hydrogen (secondary N) is 1. The summed E-state index contributed by atoms with van der Waals surface area (Å²) in [5.74, 6) is -0.479. The van der Waals surface area contributed by atoms with E-state index in [4.69, 9.17) is 0 Å². The molecule has 0 aliphatic carbocycles. The summed E-state index contributed by atoms with van der Waals surface area (Å²) in [6.07, 6.45) is 1.17. The van der Waals surface area contributed by atoms with Crippen LogP contribution in [0.1, 0.15) is 18.9 Å². The number of sulfonamides is 1. The Morgan fingerprint density at radius 2 is 1.77 bits per heavy atom. The summed E-state index contributed by atoms with van der Waals surface area (Å²) < 4.78 is 26.0. The smallest absolute Gasteiger partial charge is 0.271 e. The fourth-order valence-corrected chi connectivity index (χ4v) is 4.75. The van der Waals surface area contributed by atoms with Gasteiger partial charge >= 0.3 is 0 Å². The number of non-ortho nitro benzene ring substituents is 1. The Bertz CT molecular complexity index is 1220. The molecular formula is C22H23N3O5S. The number of anilines is 1. The summed E-state index contributed by atoms with van der Waals surface area (Å²) in [4.78, 5) is 23.5. The number of carbonyl (C=O) groups excluding carboxylic acids is 1. The third kappa shape index (κ3) is 5.00. The zero-order chi connectivity index (χ0) is 22.6. The van der Waals surface area contributed by atoms with Crippen molar-refractivity contribution in [3.63, 3.8) is 0 Å². The summed E-state index contributed by atoms with van der Waals surface area (Å²) in [6, 6.07) is 17.8. The number of benzene rings is 3. The van der Waals surface area contributed by atoms with E-state index in [1.165, 1.54) is 18.2 Å². The lowest BCUT2D eigenvalue weighted by atomic mass is 10.0. The van der Waals surface area contributed by atoms with Crippen LogP contribution in [0.4, 0.5) is 11.4 Å². The van der Waals surface area contributed by atoms with Crippen LogP contribution in [0.15, 0.2) is 66.7 Å². The zero-order valence-electron chi connectivity index (χ0n) is 17.2. The fourth-order valence-electron chi connectivity index (χ4n) is 3.55. The lowest BCUT2D eigenvalue weighted by Crippen LogP contribution is -2.49. The van der Waals surface area contributed by atoms with Crippen molar-refractivity contribution in [2.45, 2.75) is 25.9 Å². The number of nitro groups is 1. The second-order valence-corrected chi connectivity index (χ2v) is 8.98. The Kier molecular flexibility index (Phi) is 6.55. The van der Waals surface area contributed by atoms with Crippen LogP contribution in [-0.4, -0.2) is 31.5 Å². The van der Waals surface area contributed by atoms with Gasteiger partial charge in [0, 0.05) is 18.7 Å². The average molecular weight is 442 g/mol. The van der Waals surface area contributed by atoms with Crippen molar-refractivity contribution in [1.82, 2.24) is 5.32 Å². The van der Waals surface area contributed by atoms with E-state index in [2.05, 4.69) is 5.32 Å². The Labute approximate surface area is 180 Å². The normalized spacial score (nSPS) is 12.3. The molecule has 9 heteroatoms. The van der Waals surface area contributed by atoms with E-state index in [1.54, 1.807) is 6.92 Å². The van der Waals surface area contributed by atoms with Gasteiger partial charge in [-0.3, -0.25) is 19.2 Å². The van der Waals surface area contributed by atoms with Gasteiger partial charge in [-0.25, -0.2) is 8.42 Å². The third-order valence-electron chi connectivity index (χ3n) is 4.96. The van der Waals surface area contributed by atoms with E-state index in [0.29, 0.717) is 0 Å². The molecule has 0 heterocycles. The molecule has 1 atom stereocenters. The second-order valence-electron chi connectivity index (χ2n) is 7.12. The van der Waals surface area contributed by atoms with E-state index >= 15 is 0 Å². The van der Waals surface area contributed by atoms with E-state index in [0.717, 1.165) is 33.0 Å². The molecule has 0 aromatic heterocycles. The van der Waals surface area contributed by atoms with Gasteiger partial charge in [0.2, 0.25) is 15.9 Å². The van der Waals surface area contributed by atoms with Crippen molar-refractivity contribution in [3.05, 3.63) is 82.4 Å². The SMILES string of the molecule is CC[C@@H](C(=O)NCc1cccc2ccccc12)N(c1cccc([N+](=O)[O-])c1)S(C)(=O)=O. The predicted octanol–water partition coefficient (Wildman–Crippen LogP) is 3.61. The quantitative estimate of drug-likeness (QED) is 0.424. The van der Waals surface area contributed by atoms with Gasteiger partial charge in [-0.2, -0.15) is 0 Å². The number of hydrogen-bond acceptors (Lipinski definition) is 5. The van der Waals surface area contributed by atoms with Gasteiger partial charge < -0.3 is 5.32 Å². The first-order valence-electron chi connectivity index (χ1n) is 9.70. The summed E-state index contributed by atoms with van der Waals surface area (Å²) in [5, 5.41) is 16.0. The van der Waals surface area contributed by atoms with Crippen LogP contribution in [0.2, 0.25) is 0 Å². The van der Waals surface area contributed by atoms with Crippen LogP contribution in [-0.2, 0) is 21.4 Å². The maximum Gasteiger partial charge on any atom is 0.271 e. The van der Waals surface area contributed by atoms with Crippen LogP contribution in [0.5, 0.6) is 0 Å². The maximum atomic E-state index is 13.0. The molecule has 3 aromatic rings. The van der Waals surface area contributed by atoms with Crippen molar-refractivity contribution >= 4 is 38.1 Å². The number of rotatable bonds is 8. The molecule has 0 saturated heterocycles. The van der Waals surface area contributed by atoms with Crippen LogP contribution in [0.3, 0.4) is 0 Å². The second kappa shape index (κ2) is 9.13. The molecule has 31 heavy (non-hydrogen) atoms. The van der Waals surface area contributed by atoms with Gasteiger partial charge in [0.1, 0.15) is 6.04 Å². The van der Waals surface area contributed by atoms with Gasteiger partial charge in [0.05, 0.1) is 16.9 Å². The van der Waals surface area contributed by atoms with Gasteiger partial charge in [-0.15, -0.1) is 0 Å². The molecule has 0 aliphatic rings. The maximum absolute atomic E-state index is 13.0. The number of nitro benzene ring substituents is 1. The van der Waals surface area contributed by atoms with Crippen molar-refractivity contribution < 1.29 is 18.1 Å². The summed E-state index contributed by atoms with van der Waals surface area (Å²) >= 11 is 0. The Morgan fingerprint density at radius 1 is 1.10 bits per heavy atom. The largest absolute Gasteiger partial charge is 0.350 e. The number of amides is 1. The minimum Gasteiger partial charge on any atom is -0.350 e. The highest BCUT2D eigenvalue weighted by Crippen LogP contribution is 2.26. The molecule has 0 aliphatic heterocycles. The van der Waals surface area contributed by atoms with E-state index < -0.39 is 26.9 Å². The van der Waals surface area contributed by atoms with Gasteiger partial charge in [-0.05, 0) is 28.8 Å². The molecule has 0 unspecified atom stereocenters. The number of nitrogens with zero attached hydrogens (tertiary/aromatic N) is 2. The van der Waals surface area contributed by atoms with Crippen molar-refractivity contribution in [3.8, 4) is 0 Å². The standard InChI is InChI=1S/C22H23N3O5S/c1-3-21(24(31(2,29)30)18-11-7-12-19(14-18)25(27)28)22(26)23-15-17-10-6-9-16-8-4-5-13-20(16)17/h4-14,21H,3,15H2,1-2H3,(H,23,26)/t21-/m0/s1. The molecule has 0 bridgehead atoms. The average Bonchev–Trinajstić information content (AvgIpc) is 2.74. The monoisotopic (exact) mass is 441 g/mol. The van der Waals surface area contributed by atoms with Gasteiger partial charge in [-0.1, -0.05) is 55.5 Å². The zero-order valence-corrected chi connectivity index (χ0v) is 18.0. The Balaban J connectivity index is 1.89. The van der Waals surface area contributed by atoms with Crippen LogP contribution < -0.4 is 9.62 Å². The molecule has 0 fully saturated rings. The molecule has 1 N–H and O–H groups in total. The molecule has 0 saturated carbocycles. The number of carbonyl (C=O) groups is 1. The molecule has 8 nitrogen and oxygen atoms in total.